The number of para-hydroxylation sites is 1. The van der Waals surface area contributed by atoms with Crippen LogP contribution in [0.5, 0.6) is 11.5 Å². The van der Waals surface area contributed by atoms with Crippen molar-refractivity contribution in [3.05, 3.63) is 53.1 Å². The summed E-state index contributed by atoms with van der Waals surface area (Å²) in [5, 5.41) is 2.77. The normalized spacial score (nSPS) is 10.2. The Labute approximate surface area is 153 Å². The van der Waals surface area contributed by atoms with Crippen LogP contribution in [0.4, 0.5) is 5.69 Å². The number of esters is 1. The summed E-state index contributed by atoms with van der Waals surface area (Å²) in [6.45, 7) is 5.71. The van der Waals surface area contributed by atoms with E-state index in [0.29, 0.717) is 18.1 Å². The molecule has 0 aromatic heterocycles. The highest BCUT2D eigenvalue weighted by molar-refractivity contribution is 5.96. The number of anilines is 1. The van der Waals surface area contributed by atoms with E-state index in [1.807, 2.05) is 39.0 Å². The van der Waals surface area contributed by atoms with Crippen LogP contribution in [0, 0.1) is 13.8 Å². The third-order valence-electron chi connectivity index (χ3n) is 3.78. The summed E-state index contributed by atoms with van der Waals surface area (Å²) in [5.41, 5.74) is 2.91. The summed E-state index contributed by atoms with van der Waals surface area (Å²) >= 11 is 0. The molecule has 2 aromatic carbocycles. The molecule has 0 saturated carbocycles. The Kier molecular flexibility index (Phi) is 6.60. The zero-order chi connectivity index (χ0) is 19.1. The summed E-state index contributed by atoms with van der Waals surface area (Å²) in [4.78, 5) is 24.3. The van der Waals surface area contributed by atoms with Crippen LogP contribution in [-0.4, -0.2) is 32.2 Å². The Balaban J connectivity index is 2.00. The maximum Gasteiger partial charge on any atom is 0.338 e. The van der Waals surface area contributed by atoms with E-state index in [4.69, 9.17) is 14.2 Å². The summed E-state index contributed by atoms with van der Waals surface area (Å²) in [6, 6.07) is 10.4. The molecule has 0 radical (unpaired) electrons. The van der Waals surface area contributed by atoms with E-state index < -0.39 is 11.9 Å². The monoisotopic (exact) mass is 357 g/mol. The molecule has 0 unspecified atom stereocenters. The first-order chi connectivity index (χ1) is 12.5. The van der Waals surface area contributed by atoms with E-state index in [2.05, 4.69) is 5.32 Å². The number of amides is 1. The summed E-state index contributed by atoms with van der Waals surface area (Å²) in [5.74, 6) is -0.0276. The molecule has 6 nitrogen and oxygen atoms in total. The Morgan fingerprint density at radius 1 is 1.04 bits per heavy atom. The molecule has 138 valence electrons. The van der Waals surface area contributed by atoms with Gasteiger partial charge in [-0.05, 0) is 50.1 Å². The Morgan fingerprint density at radius 2 is 1.73 bits per heavy atom. The van der Waals surface area contributed by atoms with Gasteiger partial charge in [0.25, 0.3) is 5.91 Å². The summed E-state index contributed by atoms with van der Waals surface area (Å²) in [7, 11) is 1.52. The van der Waals surface area contributed by atoms with Gasteiger partial charge < -0.3 is 19.5 Å². The number of rotatable bonds is 7. The molecule has 0 aliphatic rings. The fourth-order valence-electron chi connectivity index (χ4n) is 2.47. The molecule has 0 aliphatic heterocycles. The lowest BCUT2D eigenvalue weighted by Crippen LogP contribution is -2.21. The quantitative estimate of drug-likeness (QED) is 0.768. The molecule has 6 heteroatoms. The lowest BCUT2D eigenvalue weighted by Gasteiger charge is -2.12. The molecule has 0 atom stereocenters. The molecule has 2 aromatic rings. The van der Waals surface area contributed by atoms with E-state index in [0.717, 1.165) is 16.8 Å². The fourth-order valence-corrected chi connectivity index (χ4v) is 2.47. The highest BCUT2D eigenvalue weighted by atomic mass is 16.5. The predicted octanol–water partition coefficient (Wildman–Crippen LogP) is 3.51. The van der Waals surface area contributed by atoms with Crippen molar-refractivity contribution in [2.24, 2.45) is 0 Å². The van der Waals surface area contributed by atoms with Gasteiger partial charge in [-0.15, -0.1) is 0 Å². The summed E-state index contributed by atoms with van der Waals surface area (Å²) in [6.07, 6.45) is 0. The first kappa shape index (κ1) is 19.3. The van der Waals surface area contributed by atoms with Gasteiger partial charge in [0.1, 0.15) is 0 Å². The third-order valence-corrected chi connectivity index (χ3v) is 3.78. The molecular weight excluding hydrogens is 334 g/mol. The van der Waals surface area contributed by atoms with Crippen LogP contribution in [-0.2, 0) is 9.53 Å². The van der Waals surface area contributed by atoms with Crippen LogP contribution in [0.3, 0.4) is 0 Å². The van der Waals surface area contributed by atoms with Gasteiger partial charge in [-0.25, -0.2) is 4.79 Å². The lowest BCUT2D eigenvalue weighted by atomic mass is 10.1. The van der Waals surface area contributed by atoms with Crippen molar-refractivity contribution in [2.45, 2.75) is 20.8 Å². The van der Waals surface area contributed by atoms with Crippen LogP contribution in [0.1, 0.15) is 28.4 Å². The van der Waals surface area contributed by atoms with Crippen LogP contribution in [0.2, 0.25) is 0 Å². The van der Waals surface area contributed by atoms with Crippen molar-refractivity contribution < 1.29 is 23.8 Å². The molecule has 0 bridgehead atoms. The van der Waals surface area contributed by atoms with Gasteiger partial charge in [0, 0.05) is 5.69 Å². The zero-order valence-corrected chi connectivity index (χ0v) is 15.4. The minimum Gasteiger partial charge on any atom is -0.493 e. The van der Waals surface area contributed by atoms with Crippen molar-refractivity contribution >= 4 is 17.6 Å². The molecule has 1 N–H and O–H groups in total. The average Bonchev–Trinajstić information content (AvgIpc) is 2.63. The van der Waals surface area contributed by atoms with E-state index in [-0.39, 0.29) is 12.2 Å². The van der Waals surface area contributed by atoms with Gasteiger partial charge in [0.15, 0.2) is 18.1 Å². The highest BCUT2D eigenvalue weighted by Gasteiger charge is 2.15. The SMILES string of the molecule is CCOc1cc(C(=O)OCC(=O)Nc2c(C)cccc2C)ccc1OC. The minimum absolute atomic E-state index is 0.286. The number of hydrogen-bond donors (Lipinski definition) is 1. The van der Waals surface area contributed by atoms with Gasteiger partial charge in [0.2, 0.25) is 0 Å². The molecule has 0 aliphatic carbocycles. The Morgan fingerprint density at radius 3 is 2.35 bits per heavy atom. The number of carbonyl (C=O) groups excluding carboxylic acids is 2. The number of hydrogen-bond acceptors (Lipinski definition) is 5. The number of carbonyl (C=O) groups is 2. The molecule has 26 heavy (non-hydrogen) atoms. The van der Waals surface area contributed by atoms with Gasteiger partial charge in [-0.3, -0.25) is 4.79 Å². The topological polar surface area (TPSA) is 73.9 Å². The molecule has 0 heterocycles. The molecule has 0 fully saturated rings. The second-order valence-corrected chi connectivity index (χ2v) is 5.69. The minimum atomic E-state index is -0.606. The standard InChI is InChI=1S/C20H23NO5/c1-5-25-17-11-15(9-10-16(17)24-4)20(23)26-12-18(22)21-19-13(2)7-6-8-14(19)3/h6-11H,5,12H2,1-4H3,(H,21,22). The van der Waals surface area contributed by atoms with Crippen LogP contribution in [0.15, 0.2) is 36.4 Å². The van der Waals surface area contributed by atoms with Crippen LogP contribution < -0.4 is 14.8 Å². The van der Waals surface area contributed by atoms with Gasteiger partial charge in [0.05, 0.1) is 19.3 Å². The van der Waals surface area contributed by atoms with Crippen molar-refractivity contribution in [3.63, 3.8) is 0 Å². The van der Waals surface area contributed by atoms with Crippen LogP contribution >= 0.6 is 0 Å². The fraction of sp³-hybridized carbons (Fsp3) is 0.300. The van der Waals surface area contributed by atoms with Gasteiger partial charge in [-0.2, -0.15) is 0 Å². The number of ether oxygens (including phenoxy) is 3. The van der Waals surface area contributed by atoms with E-state index in [9.17, 15) is 9.59 Å². The molecule has 2 rings (SSSR count). The van der Waals surface area contributed by atoms with Crippen LogP contribution in [0.25, 0.3) is 0 Å². The second kappa shape index (κ2) is 8.89. The van der Waals surface area contributed by atoms with Crippen molar-refractivity contribution in [2.75, 3.05) is 25.6 Å². The van der Waals surface area contributed by atoms with E-state index in [1.165, 1.54) is 13.2 Å². The maximum absolute atomic E-state index is 12.2. The largest absolute Gasteiger partial charge is 0.493 e. The number of nitrogens with one attached hydrogen (secondary N) is 1. The van der Waals surface area contributed by atoms with Crippen molar-refractivity contribution in [1.29, 1.82) is 0 Å². The van der Waals surface area contributed by atoms with Crippen molar-refractivity contribution in [1.82, 2.24) is 0 Å². The first-order valence-electron chi connectivity index (χ1n) is 8.30. The summed E-state index contributed by atoms with van der Waals surface area (Å²) < 4.78 is 15.7. The molecule has 1 amide bonds. The Hall–Kier alpha value is -3.02. The smallest absolute Gasteiger partial charge is 0.338 e. The second-order valence-electron chi connectivity index (χ2n) is 5.69. The van der Waals surface area contributed by atoms with E-state index in [1.54, 1.807) is 12.1 Å². The number of benzene rings is 2. The zero-order valence-electron chi connectivity index (χ0n) is 15.4. The number of aryl methyl sites for hydroxylation is 2. The van der Waals surface area contributed by atoms with E-state index >= 15 is 0 Å². The molecular formula is C20H23NO5. The number of methoxy groups -OCH3 is 1. The highest BCUT2D eigenvalue weighted by Crippen LogP contribution is 2.28. The van der Waals surface area contributed by atoms with Crippen molar-refractivity contribution in [3.8, 4) is 11.5 Å². The maximum atomic E-state index is 12.2. The van der Waals surface area contributed by atoms with Gasteiger partial charge in [-0.1, -0.05) is 18.2 Å². The molecule has 0 saturated heterocycles. The predicted molar refractivity (Wildman–Crippen MR) is 99.0 cm³/mol. The first-order valence-corrected chi connectivity index (χ1v) is 8.30. The average molecular weight is 357 g/mol. The molecule has 0 spiro atoms. The third kappa shape index (κ3) is 4.75. The Bertz CT molecular complexity index is 781. The van der Waals surface area contributed by atoms with Gasteiger partial charge >= 0.3 is 5.97 Å². The lowest BCUT2D eigenvalue weighted by molar-refractivity contribution is -0.119.